The highest BCUT2D eigenvalue weighted by Gasteiger charge is 2.41. The fourth-order valence-electron chi connectivity index (χ4n) is 2.28. The first kappa shape index (κ1) is 9.21. The van der Waals surface area contributed by atoms with Gasteiger partial charge in [-0.2, -0.15) is 0 Å². The van der Waals surface area contributed by atoms with Crippen molar-refractivity contribution in [2.75, 3.05) is 6.54 Å². The maximum Gasteiger partial charge on any atom is 0.234 e. The van der Waals surface area contributed by atoms with Gasteiger partial charge in [-0.1, -0.05) is 30.5 Å². The molecule has 1 fully saturated rings. The molecule has 3 rings (SSSR count). The lowest BCUT2D eigenvalue weighted by Gasteiger charge is -2.33. The molecule has 2 aliphatic heterocycles. The molecule has 2 atom stereocenters. The summed E-state index contributed by atoms with van der Waals surface area (Å²) in [6, 6.07) is 0.173. The van der Waals surface area contributed by atoms with Crippen LogP contribution in [0.1, 0.15) is 12.8 Å². The number of rotatable bonds is 0. The third-order valence-electron chi connectivity index (χ3n) is 3.06. The van der Waals surface area contributed by atoms with Crippen molar-refractivity contribution in [3.8, 4) is 0 Å². The highest BCUT2D eigenvalue weighted by atomic mass is 32.2. The Morgan fingerprint density at radius 3 is 3.13 bits per heavy atom. The zero-order valence-electron chi connectivity index (χ0n) is 8.35. The summed E-state index contributed by atoms with van der Waals surface area (Å²) >= 11 is 1.55. The van der Waals surface area contributed by atoms with Gasteiger partial charge in [0, 0.05) is 4.91 Å². The summed E-state index contributed by atoms with van der Waals surface area (Å²) in [6.45, 7) is 4.55. The monoisotopic (exact) mass is 220 g/mol. The molecule has 0 aromatic heterocycles. The molecule has 0 radical (unpaired) electrons. The predicted octanol–water partition coefficient (Wildman–Crippen LogP) is 1.78. The molecule has 4 heteroatoms. The van der Waals surface area contributed by atoms with E-state index in [0.717, 1.165) is 22.9 Å². The number of hydrogen-bond acceptors (Lipinski definition) is 3. The Balaban J connectivity index is 1.98. The fraction of sp³-hybridized carbons (Fsp3) is 0.455. The molecule has 1 saturated heterocycles. The first-order chi connectivity index (χ1) is 7.25. The molecule has 15 heavy (non-hydrogen) atoms. The van der Waals surface area contributed by atoms with E-state index in [1.807, 2.05) is 0 Å². The Morgan fingerprint density at radius 1 is 1.47 bits per heavy atom. The standard InChI is InChI=1S/C11H12N2OS/c1-7-6-13-10(14)8-4-2-3-5-9(8)12-11(13)15-7/h2-3,8-9H,1,4-6H2/t8-,9+/m0/s1. The molecule has 1 aliphatic carbocycles. The average Bonchev–Trinajstić information content (AvgIpc) is 2.59. The number of fused-ring (bicyclic) bond motifs is 2. The van der Waals surface area contributed by atoms with E-state index < -0.39 is 0 Å². The summed E-state index contributed by atoms with van der Waals surface area (Å²) in [4.78, 5) is 19.6. The van der Waals surface area contributed by atoms with E-state index in [1.54, 1.807) is 16.7 Å². The maximum absolute atomic E-state index is 12.1. The Labute approximate surface area is 92.9 Å². The van der Waals surface area contributed by atoms with E-state index in [-0.39, 0.29) is 17.9 Å². The van der Waals surface area contributed by atoms with Gasteiger partial charge in [0.25, 0.3) is 0 Å². The number of thioether (sulfide) groups is 1. The minimum Gasteiger partial charge on any atom is -0.286 e. The van der Waals surface area contributed by atoms with Gasteiger partial charge < -0.3 is 0 Å². The second-order valence-corrected chi connectivity index (χ2v) is 5.24. The van der Waals surface area contributed by atoms with Gasteiger partial charge in [-0.3, -0.25) is 14.7 Å². The van der Waals surface area contributed by atoms with Gasteiger partial charge in [-0.15, -0.1) is 0 Å². The summed E-state index contributed by atoms with van der Waals surface area (Å²) in [5, 5.41) is 0.863. The molecule has 78 valence electrons. The van der Waals surface area contributed by atoms with Gasteiger partial charge in [0.05, 0.1) is 18.5 Å². The van der Waals surface area contributed by atoms with Crippen molar-refractivity contribution in [1.82, 2.24) is 4.90 Å². The minimum absolute atomic E-state index is 0.0743. The largest absolute Gasteiger partial charge is 0.286 e. The normalized spacial score (nSPS) is 33.9. The zero-order valence-corrected chi connectivity index (χ0v) is 9.17. The molecule has 3 aliphatic rings. The highest BCUT2D eigenvalue weighted by molar-refractivity contribution is 8.17. The molecule has 1 amide bonds. The van der Waals surface area contributed by atoms with Gasteiger partial charge >= 0.3 is 0 Å². The lowest BCUT2D eigenvalue weighted by molar-refractivity contribution is -0.132. The predicted molar refractivity (Wildman–Crippen MR) is 61.5 cm³/mol. The average molecular weight is 220 g/mol. The number of aliphatic imine (C=N–C) groups is 1. The first-order valence-corrected chi connectivity index (χ1v) is 5.97. The molecule has 0 saturated carbocycles. The Kier molecular flexibility index (Phi) is 1.99. The summed E-state index contributed by atoms with van der Waals surface area (Å²) in [7, 11) is 0. The van der Waals surface area contributed by atoms with Gasteiger partial charge in [0.1, 0.15) is 0 Å². The van der Waals surface area contributed by atoms with Crippen LogP contribution in [0.3, 0.4) is 0 Å². The van der Waals surface area contributed by atoms with Crippen LogP contribution in [0, 0.1) is 5.92 Å². The second kappa shape index (κ2) is 3.23. The number of amides is 1. The van der Waals surface area contributed by atoms with Crippen LogP contribution in [0.2, 0.25) is 0 Å². The van der Waals surface area contributed by atoms with E-state index in [2.05, 4.69) is 23.7 Å². The van der Waals surface area contributed by atoms with Crippen LogP contribution in [0.15, 0.2) is 28.6 Å². The molecule has 0 N–H and O–H groups in total. The third-order valence-corrected chi connectivity index (χ3v) is 3.99. The van der Waals surface area contributed by atoms with Gasteiger partial charge in [0.15, 0.2) is 5.17 Å². The number of carbonyl (C=O) groups excluding carboxylic acids is 1. The Morgan fingerprint density at radius 2 is 2.27 bits per heavy atom. The summed E-state index contributed by atoms with van der Waals surface area (Å²) < 4.78 is 0. The van der Waals surface area contributed by atoms with Crippen LogP contribution < -0.4 is 0 Å². The van der Waals surface area contributed by atoms with E-state index in [4.69, 9.17) is 0 Å². The first-order valence-electron chi connectivity index (χ1n) is 5.15. The summed E-state index contributed by atoms with van der Waals surface area (Å²) in [6.07, 6.45) is 5.97. The van der Waals surface area contributed by atoms with Crippen LogP contribution >= 0.6 is 11.8 Å². The van der Waals surface area contributed by atoms with Crippen molar-refractivity contribution < 1.29 is 4.79 Å². The maximum atomic E-state index is 12.1. The molecule has 0 spiro atoms. The molecular weight excluding hydrogens is 208 g/mol. The molecule has 2 heterocycles. The second-order valence-electron chi connectivity index (χ2n) is 4.09. The van der Waals surface area contributed by atoms with Crippen LogP contribution in [-0.2, 0) is 4.79 Å². The number of amidine groups is 1. The number of nitrogens with zero attached hydrogens (tertiary/aromatic N) is 2. The van der Waals surface area contributed by atoms with E-state index in [9.17, 15) is 4.79 Å². The van der Waals surface area contributed by atoms with E-state index >= 15 is 0 Å². The van der Waals surface area contributed by atoms with Crippen molar-refractivity contribution in [2.24, 2.45) is 10.9 Å². The number of hydrogen-bond donors (Lipinski definition) is 0. The van der Waals surface area contributed by atoms with Crippen LogP contribution in [0.5, 0.6) is 0 Å². The Bertz CT molecular complexity index is 399. The van der Waals surface area contributed by atoms with Crippen LogP contribution in [0.4, 0.5) is 0 Å². The molecule has 0 unspecified atom stereocenters. The summed E-state index contributed by atoms with van der Waals surface area (Å²) in [5.74, 6) is 0.311. The van der Waals surface area contributed by atoms with Gasteiger partial charge in [0.2, 0.25) is 5.91 Å². The van der Waals surface area contributed by atoms with Crippen molar-refractivity contribution in [2.45, 2.75) is 18.9 Å². The van der Waals surface area contributed by atoms with Crippen molar-refractivity contribution >= 4 is 22.8 Å². The lowest BCUT2D eigenvalue weighted by Crippen LogP contribution is -2.46. The van der Waals surface area contributed by atoms with Crippen molar-refractivity contribution in [1.29, 1.82) is 0 Å². The van der Waals surface area contributed by atoms with E-state index in [1.165, 1.54) is 0 Å². The minimum atomic E-state index is 0.0743. The lowest BCUT2D eigenvalue weighted by atomic mass is 9.87. The van der Waals surface area contributed by atoms with E-state index in [0.29, 0.717) is 6.54 Å². The molecular formula is C11H12N2OS. The van der Waals surface area contributed by atoms with Crippen LogP contribution in [0.25, 0.3) is 0 Å². The fourth-order valence-corrected chi connectivity index (χ4v) is 3.18. The topological polar surface area (TPSA) is 32.7 Å². The highest BCUT2D eigenvalue weighted by Crippen LogP contribution is 2.37. The molecule has 0 bridgehead atoms. The SMILES string of the molecule is C=C1CN2C(=O)[C@H]3CC=CC[C@H]3N=C2S1. The zero-order chi connectivity index (χ0) is 10.4. The quantitative estimate of drug-likeness (QED) is 0.583. The number of allylic oxidation sites excluding steroid dienone is 1. The number of carbonyl (C=O) groups is 1. The van der Waals surface area contributed by atoms with Crippen LogP contribution in [-0.4, -0.2) is 28.6 Å². The Hall–Kier alpha value is -1.03. The van der Waals surface area contributed by atoms with Crippen molar-refractivity contribution in [3.63, 3.8) is 0 Å². The summed E-state index contributed by atoms with van der Waals surface area (Å²) in [5.41, 5.74) is 0. The van der Waals surface area contributed by atoms with Gasteiger partial charge in [-0.05, 0) is 12.8 Å². The molecule has 3 nitrogen and oxygen atoms in total. The molecule has 0 aromatic rings. The third kappa shape index (κ3) is 1.35. The smallest absolute Gasteiger partial charge is 0.234 e. The molecule has 0 aromatic carbocycles. The van der Waals surface area contributed by atoms with Crippen molar-refractivity contribution in [3.05, 3.63) is 23.6 Å². The van der Waals surface area contributed by atoms with Gasteiger partial charge in [-0.25, -0.2) is 0 Å².